The molecule has 1 aromatic heterocycles. The van der Waals surface area contributed by atoms with Gasteiger partial charge in [-0.05, 0) is 11.5 Å². The van der Waals surface area contributed by atoms with Crippen molar-refractivity contribution in [3.8, 4) is 0 Å². The Labute approximate surface area is 90.5 Å². The van der Waals surface area contributed by atoms with E-state index in [1.165, 1.54) is 4.57 Å². The second kappa shape index (κ2) is 3.72. The predicted molar refractivity (Wildman–Crippen MR) is 61.5 cm³/mol. The first-order valence-electron chi connectivity index (χ1n) is 4.53. The lowest BCUT2D eigenvalue weighted by Gasteiger charge is -2.10. The minimum atomic E-state index is -1.14. The van der Waals surface area contributed by atoms with Crippen molar-refractivity contribution in [1.29, 1.82) is 0 Å². The molecule has 0 saturated carbocycles. The number of rotatable bonds is 1. The van der Waals surface area contributed by atoms with Crippen molar-refractivity contribution < 1.29 is 4.55 Å². The Morgan fingerprint density at radius 3 is 2.67 bits per heavy atom. The fourth-order valence-corrected chi connectivity index (χ4v) is 2.37. The number of hydrogen-bond donors (Lipinski definition) is 0. The Morgan fingerprint density at radius 2 is 2.00 bits per heavy atom. The summed E-state index contributed by atoms with van der Waals surface area (Å²) in [6, 6.07) is 9.12. The van der Waals surface area contributed by atoms with Gasteiger partial charge in [0, 0.05) is 29.7 Å². The van der Waals surface area contributed by atoms with E-state index in [2.05, 4.69) is 0 Å². The number of nitrogens with zero attached hydrogens (tertiary/aromatic N) is 1. The van der Waals surface area contributed by atoms with Gasteiger partial charge in [0.05, 0.1) is 0 Å². The minimum Gasteiger partial charge on any atom is -0.610 e. The standard InChI is InChI=1S/C11H11NO2S/c1-12-10(15(2)14)7-8-5-3-4-6-9(8)11(12)13/h3-7H,1-2H3. The summed E-state index contributed by atoms with van der Waals surface area (Å²) in [4.78, 5) is 11.9. The van der Waals surface area contributed by atoms with E-state index >= 15 is 0 Å². The van der Waals surface area contributed by atoms with Crippen LogP contribution in [0, 0.1) is 0 Å². The highest BCUT2D eigenvalue weighted by Gasteiger charge is 2.12. The number of hydrogen-bond acceptors (Lipinski definition) is 2. The maximum Gasteiger partial charge on any atom is 0.261 e. The Bertz CT molecular complexity index is 560. The number of benzene rings is 1. The molecule has 4 heteroatoms. The zero-order valence-electron chi connectivity index (χ0n) is 8.56. The van der Waals surface area contributed by atoms with Crippen LogP contribution in [0.3, 0.4) is 0 Å². The first kappa shape index (κ1) is 10.3. The molecule has 2 rings (SSSR count). The smallest absolute Gasteiger partial charge is 0.261 e. The normalized spacial score (nSPS) is 13.0. The number of aromatic nitrogens is 1. The van der Waals surface area contributed by atoms with Gasteiger partial charge in [-0.25, -0.2) is 0 Å². The second-order valence-electron chi connectivity index (χ2n) is 3.39. The molecular formula is C11H11NO2S. The molecule has 0 saturated heterocycles. The Hall–Kier alpha value is -1.26. The molecule has 0 bridgehead atoms. The summed E-state index contributed by atoms with van der Waals surface area (Å²) in [5.41, 5.74) is -0.0988. The zero-order chi connectivity index (χ0) is 11.0. The van der Waals surface area contributed by atoms with E-state index in [4.69, 9.17) is 0 Å². The largest absolute Gasteiger partial charge is 0.610 e. The summed E-state index contributed by atoms with van der Waals surface area (Å²) < 4.78 is 12.9. The van der Waals surface area contributed by atoms with Gasteiger partial charge < -0.3 is 4.55 Å². The topological polar surface area (TPSA) is 45.1 Å². The van der Waals surface area contributed by atoms with Crippen molar-refractivity contribution in [2.45, 2.75) is 5.03 Å². The molecule has 0 aliphatic heterocycles. The quantitative estimate of drug-likeness (QED) is 0.681. The van der Waals surface area contributed by atoms with Crippen LogP contribution < -0.4 is 5.56 Å². The van der Waals surface area contributed by atoms with E-state index in [-0.39, 0.29) is 5.56 Å². The van der Waals surface area contributed by atoms with E-state index in [1.807, 2.05) is 18.2 Å². The monoisotopic (exact) mass is 221 g/mol. The average molecular weight is 221 g/mol. The van der Waals surface area contributed by atoms with Crippen LogP contribution in [0.2, 0.25) is 0 Å². The first-order chi connectivity index (χ1) is 7.11. The molecular weight excluding hydrogens is 210 g/mol. The van der Waals surface area contributed by atoms with Crippen molar-refractivity contribution >= 4 is 21.9 Å². The Balaban J connectivity index is 2.89. The van der Waals surface area contributed by atoms with E-state index in [0.717, 1.165) is 5.39 Å². The van der Waals surface area contributed by atoms with Crippen molar-refractivity contribution in [2.24, 2.45) is 7.05 Å². The number of fused-ring (bicyclic) bond motifs is 1. The van der Waals surface area contributed by atoms with Crippen LogP contribution in [0.4, 0.5) is 0 Å². The van der Waals surface area contributed by atoms with Crippen LogP contribution in [-0.4, -0.2) is 15.4 Å². The van der Waals surface area contributed by atoms with Gasteiger partial charge in [-0.2, -0.15) is 0 Å². The van der Waals surface area contributed by atoms with Crippen molar-refractivity contribution in [3.05, 3.63) is 40.7 Å². The van der Waals surface area contributed by atoms with Crippen LogP contribution in [0.1, 0.15) is 0 Å². The van der Waals surface area contributed by atoms with E-state index in [0.29, 0.717) is 10.4 Å². The molecule has 1 aromatic carbocycles. The fraction of sp³-hybridized carbons (Fsp3) is 0.182. The van der Waals surface area contributed by atoms with Crippen LogP contribution >= 0.6 is 0 Å². The third-order valence-electron chi connectivity index (χ3n) is 2.40. The van der Waals surface area contributed by atoms with Gasteiger partial charge in [0.1, 0.15) is 6.26 Å². The highest BCUT2D eigenvalue weighted by atomic mass is 32.2. The highest BCUT2D eigenvalue weighted by molar-refractivity contribution is 7.90. The third kappa shape index (κ3) is 1.66. The third-order valence-corrected chi connectivity index (χ3v) is 3.38. The summed E-state index contributed by atoms with van der Waals surface area (Å²) in [5, 5.41) is 2.05. The van der Waals surface area contributed by atoms with Crippen molar-refractivity contribution in [3.63, 3.8) is 0 Å². The molecule has 0 N–H and O–H groups in total. The minimum absolute atomic E-state index is 0.0988. The molecule has 0 radical (unpaired) electrons. The maximum atomic E-state index is 11.9. The molecule has 0 spiro atoms. The first-order valence-corrected chi connectivity index (χ1v) is 6.09. The van der Waals surface area contributed by atoms with E-state index < -0.39 is 11.2 Å². The highest BCUT2D eigenvalue weighted by Crippen LogP contribution is 2.14. The molecule has 0 fully saturated rings. The van der Waals surface area contributed by atoms with E-state index in [1.54, 1.807) is 25.4 Å². The lowest BCUT2D eigenvalue weighted by molar-refractivity contribution is 0.587. The molecule has 0 aliphatic rings. The Morgan fingerprint density at radius 1 is 1.33 bits per heavy atom. The van der Waals surface area contributed by atoms with Gasteiger partial charge in [0.2, 0.25) is 5.03 Å². The lowest BCUT2D eigenvalue weighted by Crippen LogP contribution is -2.22. The summed E-state index contributed by atoms with van der Waals surface area (Å²) >= 11 is -1.14. The number of pyridine rings is 1. The Kier molecular flexibility index (Phi) is 2.54. The summed E-state index contributed by atoms with van der Waals surface area (Å²) in [5.74, 6) is 0. The molecule has 2 aromatic rings. The van der Waals surface area contributed by atoms with Crippen LogP contribution in [0.5, 0.6) is 0 Å². The van der Waals surface area contributed by atoms with E-state index in [9.17, 15) is 9.35 Å². The van der Waals surface area contributed by atoms with Gasteiger partial charge in [-0.1, -0.05) is 18.2 Å². The van der Waals surface area contributed by atoms with Gasteiger partial charge >= 0.3 is 0 Å². The van der Waals surface area contributed by atoms with Crippen LogP contribution in [-0.2, 0) is 18.2 Å². The molecule has 1 unspecified atom stereocenters. The average Bonchev–Trinajstić information content (AvgIpc) is 2.23. The van der Waals surface area contributed by atoms with Crippen molar-refractivity contribution in [2.75, 3.05) is 6.26 Å². The maximum absolute atomic E-state index is 11.9. The molecule has 1 heterocycles. The van der Waals surface area contributed by atoms with Gasteiger partial charge in [0.25, 0.3) is 5.56 Å². The summed E-state index contributed by atoms with van der Waals surface area (Å²) in [7, 11) is 1.64. The summed E-state index contributed by atoms with van der Waals surface area (Å²) in [6.07, 6.45) is 1.57. The second-order valence-corrected chi connectivity index (χ2v) is 4.71. The van der Waals surface area contributed by atoms with Crippen LogP contribution in [0.15, 0.2) is 40.2 Å². The molecule has 1 atom stereocenters. The zero-order valence-corrected chi connectivity index (χ0v) is 9.38. The predicted octanol–water partition coefficient (Wildman–Crippen LogP) is 1.28. The van der Waals surface area contributed by atoms with Gasteiger partial charge in [-0.15, -0.1) is 0 Å². The van der Waals surface area contributed by atoms with Crippen molar-refractivity contribution in [1.82, 2.24) is 4.57 Å². The molecule has 15 heavy (non-hydrogen) atoms. The lowest BCUT2D eigenvalue weighted by atomic mass is 10.2. The summed E-state index contributed by atoms with van der Waals surface area (Å²) in [6.45, 7) is 0. The molecule has 0 aliphatic carbocycles. The molecule has 78 valence electrons. The fourth-order valence-electron chi connectivity index (χ4n) is 1.60. The van der Waals surface area contributed by atoms with Crippen LogP contribution in [0.25, 0.3) is 10.8 Å². The SMILES string of the molecule is Cn1c([S+](C)[O-])cc2ccccc2c1=O. The molecule has 3 nitrogen and oxygen atoms in total. The van der Waals surface area contributed by atoms with Gasteiger partial charge in [0.15, 0.2) is 0 Å². The molecule has 0 amide bonds. The van der Waals surface area contributed by atoms with Gasteiger partial charge in [-0.3, -0.25) is 9.36 Å².